The summed E-state index contributed by atoms with van der Waals surface area (Å²) in [6.07, 6.45) is 1.49. The van der Waals surface area contributed by atoms with E-state index >= 15 is 0 Å². The number of rotatable bonds is 9. The van der Waals surface area contributed by atoms with Gasteiger partial charge in [-0.3, -0.25) is 14.8 Å². The minimum absolute atomic E-state index is 0.0945. The van der Waals surface area contributed by atoms with Gasteiger partial charge in [0, 0.05) is 6.07 Å². The van der Waals surface area contributed by atoms with Crippen LogP contribution in [0.15, 0.2) is 51.3 Å². The molecule has 0 saturated carbocycles. The Balaban J connectivity index is 1.85. The number of sulfonamides is 1. The highest BCUT2D eigenvalue weighted by Gasteiger charge is 2.26. The molecule has 180 valence electrons. The van der Waals surface area contributed by atoms with Crippen LogP contribution in [0.1, 0.15) is 10.4 Å². The van der Waals surface area contributed by atoms with E-state index in [1.807, 2.05) is 0 Å². The second kappa shape index (κ2) is 10.8. The maximum Gasteiger partial charge on any atom is 0.342 e. The molecule has 0 unspecified atom stereocenters. The molecule has 0 aliphatic heterocycles. The van der Waals surface area contributed by atoms with Crippen LogP contribution in [0.4, 0.5) is 15.2 Å². The predicted molar refractivity (Wildman–Crippen MR) is 125 cm³/mol. The summed E-state index contributed by atoms with van der Waals surface area (Å²) in [5.41, 5.74) is -0.604. The fourth-order valence-electron chi connectivity index (χ4n) is 2.67. The fourth-order valence-corrected chi connectivity index (χ4v) is 4.90. The van der Waals surface area contributed by atoms with E-state index in [-0.39, 0.29) is 22.7 Å². The Morgan fingerprint density at radius 1 is 1.18 bits per heavy atom. The number of hydrogen-bond acceptors (Lipinski definition) is 9. The highest BCUT2D eigenvalue weighted by molar-refractivity contribution is 9.11. The molecule has 3 aromatic rings. The number of carbonyl (C=O) groups is 2. The van der Waals surface area contributed by atoms with Crippen molar-refractivity contribution in [2.75, 3.05) is 30.9 Å². The van der Waals surface area contributed by atoms with E-state index in [0.717, 1.165) is 29.5 Å². The monoisotopic (exact) mass is 573 g/mol. The van der Waals surface area contributed by atoms with Crippen molar-refractivity contribution < 1.29 is 36.6 Å². The highest BCUT2D eigenvalue weighted by atomic mass is 79.9. The van der Waals surface area contributed by atoms with E-state index in [4.69, 9.17) is 14.2 Å². The van der Waals surface area contributed by atoms with Crippen molar-refractivity contribution in [1.29, 1.82) is 0 Å². The van der Waals surface area contributed by atoms with Gasteiger partial charge in [0.05, 0.1) is 34.8 Å². The maximum absolute atomic E-state index is 14.0. The van der Waals surface area contributed by atoms with E-state index in [1.165, 1.54) is 38.6 Å². The first-order chi connectivity index (χ1) is 16.1. The molecule has 0 aliphatic carbocycles. The number of thiazole rings is 1. The number of benzene rings is 2. The first-order valence-corrected chi connectivity index (χ1v) is 12.4. The summed E-state index contributed by atoms with van der Waals surface area (Å²) in [7, 11) is -1.86. The van der Waals surface area contributed by atoms with Gasteiger partial charge >= 0.3 is 5.97 Å². The summed E-state index contributed by atoms with van der Waals surface area (Å²) in [5, 5.41) is 2.74. The van der Waals surface area contributed by atoms with Crippen molar-refractivity contribution in [3.63, 3.8) is 0 Å². The van der Waals surface area contributed by atoms with Crippen LogP contribution in [-0.4, -0.2) is 46.1 Å². The SMILES string of the molecule is COc1cc(S(=O)(=O)Nc2ccccc2F)cc(C(=O)OCC(=O)Nc2ncc(Br)s2)c1OC. The summed E-state index contributed by atoms with van der Waals surface area (Å²) in [4.78, 5) is 28.3. The highest BCUT2D eigenvalue weighted by Crippen LogP contribution is 2.35. The van der Waals surface area contributed by atoms with Crippen LogP contribution in [0, 0.1) is 5.82 Å². The van der Waals surface area contributed by atoms with Gasteiger partial charge in [-0.1, -0.05) is 23.5 Å². The van der Waals surface area contributed by atoms with Gasteiger partial charge in [0.1, 0.15) is 11.4 Å². The summed E-state index contributed by atoms with van der Waals surface area (Å²) in [6, 6.07) is 7.26. The van der Waals surface area contributed by atoms with Crippen molar-refractivity contribution in [3.05, 3.63) is 57.8 Å². The molecular weight excluding hydrogens is 557 g/mol. The van der Waals surface area contributed by atoms with Crippen molar-refractivity contribution in [1.82, 2.24) is 4.98 Å². The maximum atomic E-state index is 14.0. The van der Waals surface area contributed by atoms with Crippen molar-refractivity contribution in [2.24, 2.45) is 0 Å². The first kappa shape index (κ1) is 25.4. The predicted octanol–water partition coefficient (Wildman–Crippen LogP) is 3.66. The molecule has 0 spiro atoms. The molecule has 0 fully saturated rings. The molecule has 0 atom stereocenters. The number of para-hydroxylation sites is 1. The largest absolute Gasteiger partial charge is 0.493 e. The normalized spacial score (nSPS) is 10.9. The van der Waals surface area contributed by atoms with Gasteiger partial charge in [0.15, 0.2) is 23.2 Å². The molecule has 3 rings (SSSR count). The third-order valence-corrected chi connectivity index (χ3v) is 6.90. The molecule has 0 bridgehead atoms. The fraction of sp³-hybridized carbons (Fsp3) is 0.150. The molecule has 1 amide bonds. The number of ether oxygens (including phenoxy) is 3. The van der Waals surface area contributed by atoms with E-state index < -0.39 is 39.2 Å². The van der Waals surface area contributed by atoms with Crippen LogP contribution in [0.3, 0.4) is 0 Å². The van der Waals surface area contributed by atoms with Gasteiger partial charge in [-0.15, -0.1) is 0 Å². The number of halogens is 2. The second-order valence-electron chi connectivity index (χ2n) is 6.39. The number of carbonyl (C=O) groups excluding carboxylic acids is 2. The van der Waals surface area contributed by atoms with Gasteiger partial charge in [0.2, 0.25) is 0 Å². The van der Waals surface area contributed by atoms with Crippen LogP contribution < -0.4 is 19.5 Å². The molecule has 0 aliphatic rings. The topological polar surface area (TPSA) is 133 Å². The Labute approximate surface area is 206 Å². The Hall–Kier alpha value is -3.23. The zero-order valence-corrected chi connectivity index (χ0v) is 20.8. The van der Waals surface area contributed by atoms with Crippen molar-refractivity contribution >= 4 is 60.0 Å². The quantitative estimate of drug-likeness (QED) is 0.370. The van der Waals surface area contributed by atoms with Crippen molar-refractivity contribution in [3.8, 4) is 11.5 Å². The Morgan fingerprint density at radius 3 is 2.53 bits per heavy atom. The summed E-state index contributed by atoms with van der Waals surface area (Å²) in [5.74, 6) is -2.70. The van der Waals surface area contributed by atoms with E-state index in [1.54, 1.807) is 0 Å². The number of hydrogen-bond donors (Lipinski definition) is 2. The first-order valence-electron chi connectivity index (χ1n) is 9.26. The smallest absolute Gasteiger partial charge is 0.342 e. The van der Waals surface area contributed by atoms with E-state index in [2.05, 4.69) is 31.0 Å². The molecule has 10 nitrogen and oxygen atoms in total. The van der Waals surface area contributed by atoms with E-state index in [0.29, 0.717) is 8.92 Å². The third-order valence-electron chi connectivity index (χ3n) is 4.16. The Bertz CT molecular complexity index is 1330. The summed E-state index contributed by atoms with van der Waals surface area (Å²) in [6.45, 7) is -0.675. The van der Waals surface area contributed by atoms with Crippen molar-refractivity contribution in [2.45, 2.75) is 4.90 Å². The number of nitrogens with one attached hydrogen (secondary N) is 2. The minimum Gasteiger partial charge on any atom is -0.493 e. The lowest BCUT2D eigenvalue weighted by molar-refractivity contribution is -0.119. The van der Waals surface area contributed by atoms with Gasteiger partial charge in [0.25, 0.3) is 15.9 Å². The standard InChI is InChI=1S/C20H17BrFN3O7S2/c1-30-15-8-11(34(28,29)25-14-6-4-3-5-13(14)22)7-12(18(15)31-2)19(27)32-10-17(26)24-20-23-9-16(21)33-20/h3-9,25H,10H2,1-2H3,(H,23,24,26). The van der Waals surface area contributed by atoms with Crippen LogP contribution in [0.5, 0.6) is 11.5 Å². The van der Waals surface area contributed by atoms with Crippen LogP contribution in [-0.2, 0) is 19.6 Å². The van der Waals surface area contributed by atoms with Gasteiger partial charge in [-0.2, -0.15) is 0 Å². The minimum atomic E-state index is -4.34. The van der Waals surface area contributed by atoms with Crippen LogP contribution in [0.25, 0.3) is 0 Å². The van der Waals surface area contributed by atoms with Crippen LogP contribution in [0.2, 0.25) is 0 Å². The average Bonchev–Trinajstić information content (AvgIpc) is 3.22. The second-order valence-corrected chi connectivity index (χ2v) is 10.5. The lowest BCUT2D eigenvalue weighted by Crippen LogP contribution is -2.21. The number of esters is 1. The van der Waals surface area contributed by atoms with E-state index in [9.17, 15) is 22.4 Å². The lowest BCUT2D eigenvalue weighted by atomic mass is 10.2. The molecule has 14 heteroatoms. The molecule has 2 aromatic carbocycles. The molecule has 0 radical (unpaired) electrons. The molecule has 1 aromatic heterocycles. The Kier molecular flexibility index (Phi) is 8.06. The van der Waals surface area contributed by atoms with Gasteiger partial charge < -0.3 is 14.2 Å². The molecule has 2 N–H and O–H groups in total. The number of anilines is 2. The molecule has 1 heterocycles. The summed E-state index contributed by atoms with van der Waals surface area (Å²) < 4.78 is 57.8. The number of amides is 1. The molecular formula is C20H17BrFN3O7S2. The average molecular weight is 574 g/mol. The van der Waals surface area contributed by atoms with Crippen LogP contribution >= 0.6 is 27.3 Å². The zero-order chi connectivity index (χ0) is 24.9. The molecule has 0 saturated heterocycles. The summed E-state index contributed by atoms with van der Waals surface area (Å²) >= 11 is 4.37. The number of aromatic nitrogens is 1. The number of nitrogens with zero attached hydrogens (tertiary/aromatic N) is 1. The lowest BCUT2D eigenvalue weighted by Gasteiger charge is -2.15. The Morgan fingerprint density at radius 2 is 1.91 bits per heavy atom. The molecule has 34 heavy (non-hydrogen) atoms. The van der Waals surface area contributed by atoms with Gasteiger partial charge in [-0.25, -0.2) is 22.6 Å². The zero-order valence-electron chi connectivity index (χ0n) is 17.6. The number of methoxy groups -OCH3 is 2. The third kappa shape index (κ3) is 6.01. The van der Waals surface area contributed by atoms with Gasteiger partial charge in [-0.05, 0) is 34.1 Å².